The van der Waals surface area contributed by atoms with Crippen LogP contribution in [0.3, 0.4) is 0 Å². The van der Waals surface area contributed by atoms with Gasteiger partial charge in [-0.1, -0.05) is 0 Å². The maximum atomic E-state index is 11.8. The van der Waals surface area contributed by atoms with Crippen LogP contribution in [-0.2, 0) is 13.0 Å². The summed E-state index contributed by atoms with van der Waals surface area (Å²) in [6.07, 6.45) is 0.730. The van der Waals surface area contributed by atoms with Crippen molar-refractivity contribution >= 4 is 17.3 Å². The molecule has 3 heterocycles. The third kappa shape index (κ3) is 2.41. The fourth-order valence-corrected chi connectivity index (χ4v) is 4.14. The molecule has 0 amide bonds. The smallest absolute Gasteiger partial charge is 0.352 e. The molecule has 4 rings (SSSR count). The minimum atomic E-state index is -0.918. The Morgan fingerprint density at radius 3 is 2.72 bits per heavy atom. The number of benzene rings is 1. The number of aromatic carboxylic acids is 1. The van der Waals surface area contributed by atoms with Gasteiger partial charge in [-0.3, -0.25) is 0 Å². The van der Waals surface area contributed by atoms with Crippen molar-refractivity contribution in [1.29, 1.82) is 0 Å². The van der Waals surface area contributed by atoms with Crippen LogP contribution in [-0.4, -0.2) is 29.9 Å². The number of aryl methyl sites for hydroxylation is 1. The number of methoxy groups -OCH3 is 2. The molecule has 5 nitrogen and oxygen atoms in total. The molecule has 0 bridgehead atoms. The van der Waals surface area contributed by atoms with E-state index in [1.807, 2.05) is 33.5 Å². The second-order valence-electron chi connectivity index (χ2n) is 5.87. The number of carboxylic acid groups (broad SMARTS) is 1. The van der Waals surface area contributed by atoms with Gasteiger partial charge in [-0.2, -0.15) is 11.3 Å². The molecule has 2 aromatic heterocycles. The summed E-state index contributed by atoms with van der Waals surface area (Å²) in [7, 11) is 3.26. The first-order valence-electron chi connectivity index (χ1n) is 7.88. The summed E-state index contributed by atoms with van der Waals surface area (Å²) < 4.78 is 12.9. The van der Waals surface area contributed by atoms with E-state index in [2.05, 4.69) is 0 Å². The standard InChI is InChI=1S/C19H17NO4S/c1-23-13-7-11-3-5-20-15(19(21)22)9-14(12-4-6-25-10-12)18(20)17(11)16(8-13)24-2/h4,6-10H,3,5H2,1-2H3,(H,21,22). The van der Waals surface area contributed by atoms with Gasteiger partial charge in [-0.25, -0.2) is 4.79 Å². The molecule has 0 fully saturated rings. The second-order valence-corrected chi connectivity index (χ2v) is 6.65. The zero-order chi connectivity index (χ0) is 17.6. The Bertz CT molecular complexity index is 939. The Morgan fingerprint density at radius 2 is 2.08 bits per heavy atom. The Kier molecular flexibility index (Phi) is 3.77. The predicted molar refractivity (Wildman–Crippen MR) is 96.9 cm³/mol. The lowest BCUT2D eigenvalue weighted by atomic mass is 9.93. The van der Waals surface area contributed by atoms with Gasteiger partial charge in [0.15, 0.2) is 0 Å². The van der Waals surface area contributed by atoms with Gasteiger partial charge >= 0.3 is 5.97 Å². The van der Waals surface area contributed by atoms with Crippen LogP contribution in [0.5, 0.6) is 11.5 Å². The van der Waals surface area contributed by atoms with Crippen LogP contribution in [0.1, 0.15) is 16.1 Å². The number of hydrogen-bond acceptors (Lipinski definition) is 4. The maximum Gasteiger partial charge on any atom is 0.352 e. The van der Waals surface area contributed by atoms with Crippen molar-refractivity contribution in [3.8, 4) is 33.9 Å². The molecule has 0 unspecified atom stereocenters. The van der Waals surface area contributed by atoms with Crippen molar-refractivity contribution in [2.24, 2.45) is 0 Å². The zero-order valence-electron chi connectivity index (χ0n) is 13.9. The molecule has 6 heteroatoms. The highest BCUT2D eigenvalue weighted by Crippen LogP contribution is 2.46. The third-order valence-electron chi connectivity index (χ3n) is 4.60. The monoisotopic (exact) mass is 355 g/mol. The molecule has 0 aliphatic carbocycles. The fourth-order valence-electron chi connectivity index (χ4n) is 3.49. The normalized spacial score (nSPS) is 12.4. The van der Waals surface area contributed by atoms with E-state index < -0.39 is 5.97 Å². The summed E-state index contributed by atoms with van der Waals surface area (Å²) in [5.41, 5.74) is 5.20. The molecule has 0 saturated carbocycles. The van der Waals surface area contributed by atoms with Crippen molar-refractivity contribution < 1.29 is 19.4 Å². The molecule has 0 spiro atoms. The molecule has 128 valence electrons. The van der Waals surface area contributed by atoms with Crippen LogP contribution in [0.2, 0.25) is 0 Å². The van der Waals surface area contributed by atoms with E-state index in [0.29, 0.717) is 18.0 Å². The van der Waals surface area contributed by atoms with E-state index in [1.54, 1.807) is 31.6 Å². The van der Waals surface area contributed by atoms with E-state index in [1.165, 1.54) is 0 Å². The highest BCUT2D eigenvalue weighted by molar-refractivity contribution is 7.08. The summed E-state index contributed by atoms with van der Waals surface area (Å²) in [6.45, 7) is 0.616. The SMILES string of the molecule is COc1cc2c(c(OC)c1)-c1c(-c3ccsc3)cc(C(=O)O)n1CC2. The summed E-state index contributed by atoms with van der Waals surface area (Å²) >= 11 is 1.59. The molecule has 1 aliphatic rings. The third-order valence-corrected chi connectivity index (χ3v) is 5.29. The molecule has 1 aromatic carbocycles. The Morgan fingerprint density at radius 1 is 1.24 bits per heavy atom. The quantitative estimate of drug-likeness (QED) is 0.763. The maximum absolute atomic E-state index is 11.8. The minimum Gasteiger partial charge on any atom is -0.497 e. The number of carbonyl (C=O) groups is 1. The first-order valence-corrected chi connectivity index (χ1v) is 8.83. The largest absolute Gasteiger partial charge is 0.497 e. The average molecular weight is 355 g/mol. The Hall–Kier alpha value is -2.73. The molecule has 1 aliphatic heterocycles. The lowest BCUT2D eigenvalue weighted by Gasteiger charge is -2.24. The van der Waals surface area contributed by atoms with Crippen LogP contribution in [0.15, 0.2) is 35.0 Å². The molecule has 0 atom stereocenters. The fraction of sp³-hybridized carbons (Fsp3) is 0.211. The van der Waals surface area contributed by atoms with Crippen LogP contribution in [0.25, 0.3) is 22.4 Å². The topological polar surface area (TPSA) is 60.7 Å². The van der Waals surface area contributed by atoms with E-state index in [4.69, 9.17) is 9.47 Å². The van der Waals surface area contributed by atoms with E-state index in [0.717, 1.165) is 40.1 Å². The first-order chi connectivity index (χ1) is 12.1. The number of rotatable bonds is 4. The number of carboxylic acids is 1. The molecular weight excluding hydrogens is 338 g/mol. The highest BCUT2D eigenvalue weighted by atomic mass is 32.1. The van der Waals surface area contributed by atoms with Gasteiger partial charge in [0, 0.05) is 23.7 Å². The molecular formula is C19H17NO4S. The van der Waals surface area contributed by atoms with Gasteiger partial charge in [0.1, 0.15) is 17.2 Å². The molecule has 1 N–H and O–H groups in total. The van der Waals surface area contributed by atoms with E-state index >= 15 is 0 Å². The summed E-state index contributed by atoms with van der Waals surface area (Å²) in [5.74, 6) is 0.520. The number of ether oxygens (including phenoxy) is 2. The predicted octanol–water partition coefficient (Wildman–Crippen LogP) is 4.16. The average Bonchev–Trinajstić information content (AvgIpc) is 3.27. The first kappa shape index (κ1) is 15.8. The van der Waals surface area contributed by atoms with Crippen LogP contribution in [0, 0.1) is 0 Å². The van der Waals surface area contributed by atoms with Crippen molar-refractivity contribution in [3.05, 3.63) is 46.3 Å². The molecule has 25 heavy (non-hydrogen) atoms. The highest BCUT2D eigenvalue weighted by Gasteiger charge is 2.29. The minimum absolute atomic E-state index is 0.305. The number of hydrogen-bond donors (Lipinski definition) is 1. The number of nitrogens with zero attached hydrogens (tertiary/aromatic N) is 1. The van der Waals surface area contributed by atoms with Gasteiger partial charge in [-0.05, 0) is 46.5 Å². The van der Waals surface area contributed by atoms with Crippen molar-refractivity contribution in [3.63, 3.8) is 0 Å². The van der Waals surface area contributed by atoms with Crippen LogP contribution in [0.4, 0.5) is 0 Å². The van der Waals surface area contributed by atoms with Gasteiger partial charge in [-0.15, -0.1) is 0 Å². The van der Waals surface area contributed by atoms with Crippen molar-refractivity contribution in [1.82, 2.24) is 4.57 Å². The molecule has 0 saturated heterocycles. The van der Waals surface area contributed by atoms with Gasteiger partial charge in [0.25, 0.3) is 0 Å². The van der Waals surface area contributed by atoms with Crippen molar-refractivity contribution in [2.45, 2.75) is 13.0 Å². The van der Waals surface area contributed by atoms with Crippen LogP contribution < -0.4 is 9.47 Å². The number of thiophene rings is 1. The van der Waals surface area contributed by atoms with E-state index in [9.17, 15) is 9.90 Å². The summed E-state index contributed by atoms with van der Waals surface area (Å²) in [4.78, 5) is 11.8. The van der Waals surface area contributed by atoms with Crippen LogP contribution >= 0.6 is 11.3 Å². The molecule has 0 radical (unpaired) electrons. The zero-order valence-corrected chi connectivity index (χ0v) is 14.7. The Balaban J connectivity index is 2.05. The summed E-state index contributed by atoms with van der Waals surface area (Å²) in [5, 5.41) is 13.7. The van der Waals surface area contributed by atoms with E-state index in [-0.39, 0.29) is 0 Å². The lowest BCUT2D eigenvalue weighted by Crippen LogP contribution is -2.16. The molecule has 3 aromatic rings. The second kappa shape index (κ2) is 5.97. The van der Waals surface area contributed by atoms with Gasteiger partial charge in [0.2, 0.25) is 0 Å². The van der Waals surface area contributed by atoms with Crippen molar-refractivity contribution in [2.75, 3.05) is 14.2 Å². The van der Waals surface area contributed by atoms with Gasteiger partial charge < -0.3 is 19.1 Å². The lowest BCUT2D eigenvalue weighted by molar-refractivity contribution is 0.0685. The number of aromatic nitrogens is 1. The Labute approximate surface area is 149 Å². The summed E-state index contributed by atoms with van der Waals surface area (Å²) in [6, 6.07) is 7.63. The number of fused-ring (bicyclic) bond motifs is 3. The van der Waals surface area contributed by atoms with Gasteiger partial charge in [0.05, 0.1) is 19.9 Å².